The van der Waals surface area contributed by atoms with Gasteiger partial charge in [0.1, 0.15) is 103 Å². The summed E-state index contributed by atoms with van der Waals surface area (Å²) in [6.45, 7) is -0.401. The van der Waals surface area contributed by atoms with E-state index in [0.717, 1.165) is 58.3 Å². The fourth-order valence-corrected chi connectivity index (χ4v) is 14.2. The third-order valence-electron chi connectivity index (χ3n) is 20.5. The average Bonchev–Trinajstić information content (AvgIpc) is 0.730. The molecule has 32 heteroatoms. The highest BCUT2D eigenvalue weighted by molar-refractivity contribution is 5.76. The van der Waals surface area contributed by atoms with Crippen LogP contribution in [-0.2, 0) is 66.5 Å². The zero-order chi connectivity index (χ0) is 76.4. The molecule has 0 unspecified atom stereocenters. The van der Waals surface area contributed by atoms with E-state index in [9.17, 15) is 96.1 Å². The Morgan fingerprint density at radius 3 is 1.52 bits per heavy atom. The summed E-state index contributed by atoms with van der Waals surface area (Å²) in [5, 5.41) is 183. The van der Waals surface area contributed by atoms with Crippen molar-refractivity contribution in [3.05, 3.63) is 12.2 Å². The maximum absolute atomic E-state index is 13.6. The molecule has 5 aliphatic rings. The van der Waals surface area contributed by atoms with Crippen molar-refractivity contribution >= 4 is 18.3 Å². The number of allylic oxidation sites excluding steroid dienone is 1. The molecule has 608 valence electrons. The van der Waals surface area contributed by atoms with Crippen molar-refractivity contribution in [1.82, 2.24) is 10.6 Å². The molecular formula is C72H130N2O30. The van der Waals surface area contributed by atoms with Crippen LogP contribution in [0.1, 0.15) is 214 Å². The first-order chi connectivity index (χ1) is 50.0. The van der Waals surface area contributed by atoms with Gasteiger partial charge in [-0.3, -0.25) is 14.4 Å². The van der Waals surface area contributed by atoms with Crippen molar-refractivity contribution in [3.8, 4) is 0 Å². The van der Waals surface area contributed by atoms with Gasteiger partial charge in [0.15, 0.2) is 25.2 Å². The van der Waals surface area contributed by atoms with Gasteiger partial charge in [0.25, 0.3) is 6.47 Å². The molecule has 2 amide bonds. The summed E-state index contributed by atoms with van der Waals surface area (Å²) in [6, 6.07) is -2.91. The van der Waals surface area contributed by atoms with Crippen molar-refractivity contribution in [2.45, 2.75) is 373 Å². The lowest BCUT2D eigenvalue weighted by atomic mass is 9.81. The molecule has 5 heterocycles. The summed E-state index contributed by atoms with van der Waals surface area (Å²) >= 11 is 0. The predicted octanol–water partition coefficient (Wildman–Crippen LogP) is 0.137. The lowest BCUT2D eigenvalue weighted by Gasteiger charge is -2.54. The molecule has 27 atom stereocenters. The second kappa shape index (κ2) is 48.7. The van der Waals surface area contributed by atoms with Gasteiger partial charge in [-0.15, -0.1) is 0 Å². The van der Waals surface area contributed by atoms with Gasteiger partial charge in [-0.25, -0.2) is 0 Å². The first-order valence-corrected chi connectivity index (χ1v) is 38.4. The lowest BCUT2D eigenvalue weighted by molar-refractivity contribution is -0.459. The van der Waals surface area contributed by atoms with Crippen molar-refractivity contribution in [3.63, 3.8) is 0 Å². The molecule has 0 spiro atoms. The number of amides is 2. The Morgan fingerprint density at radius 1 is 0.538 bits per heavy atom. The van der Waals surface area contributed by atoms with E-state index in [4.69, 9.17) is 52.1 Å². The average molecular weight is 1500 g/mol. The van der Waals surface area contributed by atoms with Crippen LogP contribution in [0.15, 0.2) is 12.2 Å². The quantitative estimate of drug-likeness (QED) is 0.0167. The molecule has 0 aromatic rings. The fraction of sp³-hybridized carbons (Fsp3) is 0.931. The van der Waals surface area contributed by atoms with Crippen LogP contribution in [0.5, 0.6) is 0 Å². The SMILES string of the molecule is CCCCCCCCCCCCC/C=C/[C@@H](O)[C@H](CO[C@@H]1O[C@H](CO)[C@@H](O[C@@H]2O[C@H](CO)[C@H](O[C@@H]3O[C@H](CO)[C@H](O)[C@H](O[C@@H]4O[C@H](CO)[C@H](O)[C@H](O)[C@H]4O)[C@H]3C)[C@H](O[C@]3(OC=O)C[C@@](O)(CO)[C@@H](NC(C)=O)[C@H]([C@H](O)CO)O3)[C@H]2O)[C@H](O)[C@H]1O)NC(=O)CCCCCCCCCCCCCCCCC. The highest BCUT2D eigenvalue weighted by Crippen LogP contribution is 2.44. The molecule has 0 saturated carbocycles. The van der Waals surface area contributed by atoms with Crippen LogP contribution < -0.4 is 10.6 Å². The van der Waals surface area contributed by atoms with E-state index >= 15 is 0 Å². The molecule has 0 radical (unpaired) electrons. The molecule has 104 heavy (non-hydrogen) atoms. The van der Waals surface area contributed by atoms with Gasteiger partial charge in [-0.2, -0.15) is 0 Å². The van der Waals surface area contributed by atoms with Crippen molar-refractivity contribution in [1.29, 1.82) is 0 Å². The minimum Gasteiger partial charge on any atom is -0.410 e. The van der Waals surface area contributed by atoms with Crippen molar-refractivity contribution in [2.24, 2.45) is 5.92 Å². The Bertz CT molecular complexity index is 2360. The molecule has 0 aliphatic carbocycles. The number of aliphatic hydroxyl groups excluding tert-OH is 15. The van der Waals surface area contributed by atoms with E-state index in [1.807, 2.05) is 6.08 Å². The Labute approximate surface area is 611 Å². The second-order valence-electron chi connectivity index (χ2n) is 28.9. The summed E-state index contributed by atoms with van der Waals surface area (Å²) in [5.74, 6) is -5.67. The maximum Gasteiger partial charge on any atom is 0.332 e. The second-order valence-corrected chi connectivity index (χ2v) is 28.9. The van der Waals surface area contributed by atoms with Gasteiger partial charge in [0, 0.05) is 19.3 Å². The van der Waals surface area contributed by atoms with Gasteiger partial charge in [0.2, 0.25) is 11.8 Å². The monoisotopic (exact) mass is 1500 g/mol. The summed E-state index contributed by atoms with van der Waals surface area (Å²) < 4.78 is 66.0. The normalized spacial score (nSPS) is 35.7. The van der Waals surface area contributed by atoms with E-state index in [1.165, 1.54) is 116 Å². The van der Waals surface area contributed by atoms with Gasteiger partial charge in [-0.05, 0) is 19.3 Å². The van der Waals surface area contributed by atoms with Gasteiger partial charge in [0.05, 0.1) is 77.0 Å². The molecule has 5 rings (SSSR count). The smallest absolute Gasteiger partial charge is 0.332 e. The Hall–Kier alpha value is -2.89. The molecule has 0 aromatic heterocycles. The lowest BCUT2D eigenvalue weighted by Crippen LogP contribution is -2.74. The van der Waals surface area contributed by atoms with Crippen LogP contribution in [0.25, 0.3) is 0 Å². The number of carbonyl (C=O) groups is 3. The van der Waals surface area contributed by atoms with Crippen molar-refractivity contribution in [2.75, 3.05) is 46.2 Å². The number of hydrogen-bond acceptors (Lipinski definition) is 30. The number of rotatable bonds is 52. The minimum absolute atomic E-state index is 0.156. The van der Waals surface area contributed by atoms with E-state index in [1.54, 1.807) is 6.08 Å². The highest BCUT2D eigenvalue weighted by Gasteiger charge is 2.64. The standard InChI is InChI=1S/C72H130N2O30/c1-5-7-9-11-13-15-17-19-20-22-24-26-28-30-32-34-53(85)74-46(47(83)33-31-29-27-25-23-21-18-16-14-12-10-8-6-2)40-94-68-59(91)57(89)63(51(38-78)98-68)101-70-60(92)65(104-72(95-43-81)41-71(93,42-80)66(73-45(4)82)62(103-72)48(84)35-75)64(52(39-79)99-70)102-67-44(3)61(55(87)50(37-77)96-67)100-69-58(90)56(88)54(86)49(36-76)97-69/h31,33,43-44,46-52,54-70,75-80,83-84,86-93H,5-30,32,34-42H2,1-4H3,(H,73,82)(H,74,85)/b33-31+/t44-,46+,47-,48-,49-,50-,51-,52-,54+,55+,56+,57-,58-,59-,60-,61-,62+,63-,64+,65-,66+,67+,68-,69+,70+,71-,72+/m1/s1. The fourth-order valence-electron chi connectivity index (χ4n) is 14.2. The first kappa shape index (κ1) is 91.7. The number of nitrogens with one attached hydrogen (secondary N) is 2. The molecule has 5 fully saturated rings. The molecule has 0 aromatic carbocycles. The Kier molecular flexibility index (Phi) is 42.9. The van der Waals surface area contributed by atoms with E-state index < -0.39 is 223 Å². The molecule has 0 bridgehead atoms. The largest absolute Gasteiger partial charge is 0.410 e. The summed E-state index contributed by atoms with van der Waals surface area (Å²) in [6.07, 6.45) is -8.81. The number of aliphatic hydroxyl groups is 16. The van der Waals surface area contributed by atoms with Crippen LogP contribution >= 0.6 is 0 Å². The summed E-state index contributed by atoms with van der Waals surface area (Å²) in [4.78, 5) is 38.7. The van der Waals surface area contributed by atoms with Gasteiger partial charge >= 0.3 is 5.97 Å². The third kappa shape index (κ3) is 27.8. The molecule has 18 N–H and O–H groups in total. The zero-order valence-electron chi connectivity index (χ0n) is 61.5. The predicted molar refractivity (Wildman–Crippen MR) is 369 cm³/mol. The topological polar surface area (TPSA) is 500 Å². The minimum atomic E-state index is -3.14. The van der Waals surface area contributed by atoms with Crippen LogP contribution in [0.2, 0.25) is 0 Å². The van der Waals surface area contributed by atoms with Crippen LogP contribution in [0.4, 0.5) is 0 Å². The molecular weight excluding hydrogens is 1370 g/mol. The number of carbonyl (C=O) groups excluding carboxylic acids is 3. The Morgan fingerprint density at radius 2 is 1.00 bits per heavy atom. The number of unbranched alkanes of at least 4 members (excludes halogenated alkanes) is 25. The first-order valence-electron chi connectivity index (χ1n) is 38.4. The molecule has 32 nitrogen and oxygen atoms in total. The van der Waals surface area contributed by atoms with Crippen LogP contribution in [0.3, 0.4) is 0 Å². The zero-order valence-corrected chi connectivity index (χ0v) is 61.5. The third-order valence-corrected chi connectivity index (χ3v) is 20.5. The van der Waals surface area contributed by atoms with Crippen LogP contribution in [0, 0.1) is 5.92 Å². The number of ether oxygens (including phenoxy) is 11. The Balaban J connectivity index is 1.36. The molecule has 5 aliphatic heterocycles. The van der Waals surface area contributed by atoms with Gasteiger partial charge < -0.3 is 144 Å². The summed E-state index contributed by atoms with van der Waals surface area (Å²) in [5.41, 5.74) is -2.71. The highest BCUT2D eigenvalue weighted by atomic mass is 16.9. The van der Waals surface area contributed by atoms with Crippen molar-refractivity contribution < 1.29 is 148 Å². The van der Waals surface area contributed by atoms with Gasteiger partial charge in [-0.1, -0.05) is 187 Å². The van der Waals surface area contributed by atoms with Crippen LogP contribution in [-0.4, -0.2) is 305 Å². The van der Waals surface area contributed by atoms with E-state index in [-0.39, 0.29) is 18.8 Å². The van der Waals surface area contributed by atoms with E-state index in [0.29, 0.717) is 12.8 Å². The maximum atomic E-state index is 13.6. The summed E-state index contributed by atoms with van der Waals surface area (Å²) in [7, 11) is 0. The van der Waals surface area contributed by atoms with E-state index in [2.05, 4.69) is 24.5 Å². The number of hydrogen-bond donors (Lipinski definition) is 18. The molecule has 5 saturated heterocycles.